The summed E-state index contributed by atoms with van der Waals surface area (Å²) < 4.78 is 41.4. The summed E-state index contributed by atoms with van der Waals surface area (Å²) in [4.78, 5) is 12.8. The van der Waals surface area contributed by atoms with Gasteiger partial charge in [-0.1, -0.05) is 48.5 Å². The van der Waals surface area contributed by atoms with Crippen LogP contribution in [-0.4, -0.2) is 24.9 Å². The fourth-order valence-corrected chi connectivity index (χ4v) is 5.35. The number of aromatic nitrogens is 1. The number of halogens is 1. The van der Waals surface area contributed by atoms with Crippen LogP contribution in [0.4, 0.5) is 4.39 Å². The van der Waals surface area contributed by atoms with E-state index >= 15 is 0 Å². The third-order valence-electron chi connectivity index (χ3n) is 5.60. The Labute approximate surface area is 192 Å². The van der Waals surface area contributed by atoms with E-state index in [1.54, 1.807) is 28.8 Å². The van der Waals surface area contributed by atoms with Gasteiger partial charge >= 0.3 is 0 Å². The molecule has 0 radical (unpaired) electrons. The van der Waals surface area contributed by atoms with Gasteiger partial charge in [0.05, 0.1) is 9.79 Å². The zero-order valence-electron chi connectivity index (χ0n) is 18.2. The van der Waals surface area contributed by atoms with Gasteiger partial charge in [-0.2, -0.15) is 0 Å². The molecule has 0 fully saturated rings. The topological polar surface area (TPSA) is 68.2 Å². The SMILES string of the molecule is CC(CCc1ccccc1)NC(=O)Cn1cc(S(=O)(=O)c2ccc(F)cc2)c2ccccc21. The second-order valence-electron chi connectivity index (χ2n) is 8.09. The third-order valence-corrected chi connectivity index (χ3v) is 7.39. The molecule has 0 spiro atoms. The first-order chi connectivity index (χ1) is 15.8. The molecular weight excluding hydrogens is 439 g/mol. The lowest BCUT2D eigenvalue weighted by atomic mass is 10.1. The number of nitrogens with zero attached hydrogens (tertiary/aromatic N) is 1. The number of para-hydroxylation sites is 1. The molecule has 3 aromatic carbocycles. The van der Waals surface area contributed by atoms with E-state index in [0.717, 1.165) is 25.0 Å². The molecule has 4 rings (SSSR count). The van der Waals surface area contributed by atoms with Gasteiger partial charge in [-0.25, -0.2) is 12.8 Å². The number of benzene rings is 3. The minimum Gasteiger partial charge on any atom is -0.352 e. The second-order valence-corrected chi connectivity index (χ2v) is 10.0. The van der Waals surface area contributed by atoms with Crippen LogP contribution in [0.1, 0.15) is 18.9 Å². The predicted octanol–water partition coefficient (Wildman–Crippen LogP) is 4.75. The van der Waals surface area contributed by atoms with Crippen molar-refractivity contribution in [1.82, 2.24) is 9.88 Å². The number of carbonyl (C=O) groups is 1. The second kappa shape index (κ2) is 9.58. The number of amides is 1. The predicted molar refractivity (Wildman–Crippen MR) is 126 cm³/mol. The fourth-order valence-electron chi connectivity index (χ4n) is 3.87. The van der Waals surface area contributed by atoms with Crippen LogP contribution in [0.15, 0.2) is 94.9 Å². The summed E-state index contributed by atoms with van der Waals surface area (Å²) in [6.45, 7) is 1.95. The summed E-state index contributed by atoms with van der Waals surface area (Å²) >= 11 is 0. The molecule has 0 aliphatic heterocycles. The molecule has 1 aromatic heterocycles. The smallest absolute Gasteiger partial charge is 0.240 e. The minimum absolute atomic E-state index is 0.00483. The third kappa shape index (κ3) is 5.14. The highest BCUT2D eigenvalue weighted by Gasteiger charge is 2.24. The van der Waals surface area contributed by atoms with Crippen LogP contribution in [0.2, 0.25) is 0 Å². The molecule has 4 aromatic rings. The van der Waals surface area contributed by atoms with E-state index in [-0.39, 0.29) is 28.3 Å². The van der Waals surface area contributed by atoms with Gasteiger partial charge in [-0.15, -0.1) is 0 Å². The van der Waals surface area contributed by atoms with Crippen molar-refractivity contribution in [2.24, 2.45) is 0 Å². The zero-order chi connectivity index (χ0) is 23.4. The Hall–Kier alpha value is -3.45. The standard InChI is InChI=1S/C26H25FN2O3S/c1-19(11-12-20-7-3-2-4-8-20)28-26(30)18-29-17-25(23-9-5-6-10-24(23)29)33(31,32)22-15-13-21(27)14-16-22/h2-10,13-17,19H,11-12,18H2,1H3,(H,28,30). The van der Waals surface area contributed by atoms with Crippen LogP contribution in [0.3, 0.4) is 0 Å². The first kappa shape index (κ1) is 22.7. The first-order valence-corrected chi connectivity index (χ1v) is 12.2. The van der Waals surface area contributed by atoms with Crippen LogP contribution in [0, 0.1) is 5.82 Å². The van der Waals surface area contributed by atoms with Crippen LogP contribution in [0.25, 0.3) is 10.9 Å². The Balaban J connectivity index is 1.52. The number of hydrogen-bond acceptors (Lipinski definition) is 3. The molecule has 1 amide bonds. The van der Waals surface area contributed by atoms with E-state index in [0.29, 0.717) is 10.9 Å². The van der Waals surface area contributed by atoms with Gasteiger partial charge in [-0.05, 0) is 55.7 Å². The molecule has 7 heteroatoms. The van der Waals surface area contributed by atoms with Crippen molar-refractivity contribution in [2.75, 3.05) is 0 Å². The summed E-state index contributed by atoms with van der Waals surface area (Å²) in [6, 6.07) is 21.8. The van der Waals surface area contributed by atoms with Gasteiger partial charge in [-0.3, -0.25) is 4.79 Å². The Morgan fingerprint density at radius 1 is 0.970 bits per heavy atom. The van der Waals surface area contributed by atoms with Crippen molar-refractivity contribution in [3.8, 4) is 0 Å². The maximum absolute atomic E-state index is 13.3. The van der Waals surface area contributed by atoms with Crippen LogP contribution in [0.5, 0.6) is 0 Å². The van der Waals surface area contributed by atoms with Crippen LogP contribution >= 0.6 is 0 Å². The number of carbonyl (C=O) groups excluding carboxylic acids is 1. The Morgan fingerprint density at radius 2 is 1.64 bits per heavy atom. The molecule has 1 N–H and O–H groups in total. The maximum atomic E-state index is 13.3. The molecule has 0 bridgehead atoms. The van der Waals surface area contributed by atoms with Gasteiger partial charge in [0.15, 0.2) is 0 Å². The Bertz CT molecular complexity index is 1360. The van der Waals surface area contributed by atoms with E-state index in [1.165, 1.54) is 23.9 Å². The summed E-state index contributed by atoms with van der Waals surface area (Å²) in [5, 5.41) is 3.52. The van der Waals surface area contributed by atoms with Gasteiger partial charge < -0.3 is 9.88 Å². The van der Waals surface area contributed by atoms with E-state index in [4.69, 9.17) is 0 Å². The summed E-state index contributed by atoms with van der Waals surface area (Å²) in [7, 11) is -3.88. The number of nitrogens with one attached hydrogen (secondary N) is 1. The van der Waals surface area contributed by atoms with Crippen molar-refractivity contribution in [1.29, 1.82) is 0 Å². The van der Waals surface area contributed by atoms with E-state index in [2.05, 4.69) is 17.4 Å². The number of fused-ring (bicyclic) bond motifs is 1. The number of rotatable bonds is 8. The number of sulfone groups is 1. The van der Waals surface area contributed by atoms with Gasteiger partial charge in [0.25, 0.3) is 0 Å². The zero-order valence-corrected chi connectivity index (χ0v) is 19.1. The van der Waals surface area contributed by atoms with E-state index < -0.39 is 15.7 Å². The van der Waals surface area contributed by atoms with Gasteiger partial charge in [0.2, 0.25) is 15.7 Å². The van der Waals surface area contributed by atoms with Crippen LogP contribution in [-0.2, 0) is 27.6 Å². The van der Waals surface area contributed by atoms with Crippen LogP contribution < -0.4 is 5.32 Å². The molecule has 1 unspecified atom stereocenters. The van der Waals surface area contributed by atoms with Crippen molar-refractivity contribution in [3.05, 3.63) is 96.4 Å². The number of hydrogen-bond donors (Lipinski definition) is 1. The van der Waals surface area contributed by atoms with E-state index in [1.807, 2.05) is 25.1 Å². The minimum atomic E-state index is -3.88. The summed E-state index contributed by atoms with van der Waals surface area (Å²) in [5.74, 6) is -0.698. The highest BCUT2D eigenvalue weighted by Crippen LogP contribution is 2.30. The largest absolute Gasteiger partial charge is 0.352 e. The molecule has 1 atom stereocenters. The molecule has 170 valence electrons. The average molecular weight is 465 g/mol. The monoisotopic (exact) mass is 464 g/mol. The highest BCUT2D eigenvalue weighted by atomic mass is 32.2. The number of aryl methyl sites for hydroxylation is 1. The average Bonchev–Trinajstić information content (AvgIpc) is 3.18. The lowest BCUT2D eigenvalue weighted by Gasteiger charge is -2.14. The molecule has 0 aliphatic rings. The summed E-state index contributed by atoms with van der Waals surface area (Å²) in [6.07, 6.45) is 3.14. The van der Waals surface area contributed by atoms with Crippen molar-refractivity contribution in [3.63, 3.8) is 0 Å². The van der Waals surface area contributed by atoms with E-state index in [9.17, 15) is 17.6 Å². The quantitative estimate of drug-likeness (QED) is 0.383. The van der Waals surface area contributed by atoms with Gasteiger partial charge in [0.1, 0.15) is 12.4 Å². The molecule has 0 saturated carbocycles. The van der Waals surface area contributed by atoms with Gasteiger partial charge in [0, 0.05) is 23.1 Å². The lowest BCUT2D eigenvalue weighted by Crippen LogP contribution is -2.35. The Kier molecular flexibility index (Phi) is 6.60. The summed E-state index contributed by atoms with van der Waals surface area (Å²) in [5.41, 5.74) is 1.86. The molecule has 5 nitrogen and oxygen atoms in total. The van der Waals surface area contributed by atoms with Crippen molar-refractivity contribution >= 4 is 26.6 Å². The Morgan fingerprint density at radius 3 is 2.36 bits per heavy atom. The molecule has 0 aliphatic carbocycles. The normalized spacial score (nSPS) is 12.5. The van der Waals surface area contributed by atoms with Crippen molar-refractivity contribution in [2.45, 2.75) is 42.1 Å². The molecule has 33 heavy (non-hydrogen) atoms. The molecular formula is C26H25FN2O3S. The molecule has 1 heterocycles. The lowest BCUT2D eigenvalue weighted by molar-refractivity contribution is -0.122. The maximum Gasteiger partial charge on any atom is 0.240 e. The molecule has 0 saturated heterocycles. The highest BCUT2D eigenvalue weighted by molar-refractivity contribution is 7.91. The van der Waals surface area contributed by atoms with Crippen molar-refractivity contribution < 1.29 is 17.6 Å². The first-order valence-electron chi connectivity index (χ1n) is 10.8. The fraction of sp³-hybridized carbons (Fsp3) is 0.192.